The highest BCUT2D eigenvalue weighted by atomic mass is 19.4. The Morgan fingerprint density at radius 3 is 2.42 bits per heavy atom. The number of pyridine rings is 1. The maximum Gasteiger partial charge on any atom is 0.573 e. The Hall–Kier alpha value is -3.48. The van der Waals surface area contributed by atoms with Crippen molar-refractivity contribution < 1.29 is 17.9 Å². The second-order valence-electron chi connectivity index (χ2n) is 8.46. The van der Waals surface area contributed by atoms with Crippen molar-refractivity contribution >= 4 is 16.7 Å². The number of aromatic nitrogens is 2. The molecule has 2 aromatic carbocycles. The van der Waals surface area contributed by atoms with Crippen molar-refractivity contribution in [2.24, 2.45) is 0 Å². The van der Waals surface area contributed by atoms with E-state index in [-0.39, 0.29) is 5.75 Å². The Morgan fingerprint density at radius 2 is 1.70 bits per heavy atom. The molecule has 5 rings (SSSR count). The summed E-state index contributed by atoms with van der Waals surface area (Å²) in [6, 6.07) is 16.6. The van der Waals surface area contributed by atoms with E-state index in [2.05, 4.69) is 52.3 Å². The van der Waals surface area contributed by atoms with Crippen LogP contribution in [0.2, 0.25) is 0 Å². The van der Waals surface area contributed by atoms with Crippen LogP contribution >= 0.6 is 0 Å². The van der Waals surface area contributed by atoms with Gasteiger partial charge in [-0.25, -0.2) is 4.98 Å². The van der Waals surface area contributed by atoms with Crippen LogP contribution in [-0.4, -0.2) is 22.5 Å². The first-order chi connectivity index (χ1) is 15.8. The van der Waals surface area contributed by atoms with Gasteiger partial charge in [0.25, 0.3) is 0 Å². The molecule has 1 aliphatic rings. The quantitative estimate of drug-likeness (QED) is 0.372. The number of benzene rings is 2. The van der Waals surface area contributed by atoms with E-state index < -0.39 is 6.36 Å². The van der Waals surface area contributed by atoms with Gasteiger partial charge in [-0.2, -0.15) is 0 Å². The van der Waals surface area contributed by atoms with Gasteiger partial charge in [0.15, 0.2) is 5.82 Å². The predicted molar refractivity (Wildman–Crippen MR) is 123 cm³/mol. The van der Waals surface area contributed by atoms with Crippen LogP contribution in [0.5, 0.6) is 5.75 Å². The third-order valence-corrected chi connectivity index (χ3v) is 6.45. The average Bonchev–Trinajstić information content (AvgIpc) is 3.04. The van der Waals surface area contributed by atoms with Gasteiger partial charge in [0.2, 0.25) is 0 Å². The van der Waals surface area contributed by atoms with Crippen molar-refractivity contribution in [1.82, 2.24) is 9.55 Å². The Kier molecular flexibility index (Phi) is 5.27. The maximum atomic E-state index is 12.5. The van der Waals surface area contributed by atoms with Crippen LogP contribution in [0.4, 0.5) is 19.0 Å². The summed E-state index contributed by atoms with van der Waals surface area (Å²) in [5.74, 6) is 0.723. The molecule has 0 spiro atoms. The molecular formula is C26H24F3N3O. The number of ether oxygens (including phenoxy) is 1. The second-order valence-corrected chi connectivity index (χ2v) is 8.46. The molecule has 0 unspecified atom stereocenters. The molecule has 2 aromatic heterocycles. The second kappa shape index (κ2) is 8.14. The zero-order valence-corrected chi connectivity index (χ0v) is 18.5. The number of nitrogens with zero attached hydrogens (tertiary/aromatic N) is 3. The summed E-state index contributed by atoms with van der Waals surface area (Å²) in [5, 5.41) is 1.15. The molecule has 4 aromatic rings. The molecule has 0 N–H and O–H groups in total. The van der Waals surface area contributed by atoms with Crippen molar-refractivity contribution in [1.29, 1.82) is 0 Å². The summed E-state index contributed by atoms with van der Waals surface area (Å²) >= 11 is 0. The largest absolute Gasteiger partial charge is 0.573 e. The fraction of sp³-hybridized carbons (Fsp3) is 0.269. The van der Waals surface area contributed by atoms with Crippen molar-refractivity contribution in [3.8, 4) is 5.75 Å². The molecular weight excluding hydrogens is 427 g/mol. The van der Waals surface area contributed by atoms with Gasteiger partial charge < -0.3 is 14.2 Å². The topological polar surface area (TPSA) is 30.3 Å². The highest BCUT2D eigenvalue weighted by Gasteiger charge is 2.31. The molecule has 3 heterocycles. The average molecular weight is 451 g/mol. The van der Waals surface area contributed by atoms with Gasteiger partial charge in [-0.1, -0.05) is 36.4 Å². The van der Waals surface area contributed by atoms with Crippen molar-refractivity contribution in [2.45, 2.75) is 39.7 Å². The third kappa shape index (κ3) is 4.15. The van der Waals surface area contributed by atoms with Gasteiger partial charge in [0, 0.05) is 36.9 Å². The van der Waals surface area contributed by atoms with E-state index in [1.54, 1.807) is 12.1 Å². The zero-order valence-electron chi connectivity index (χ0n) is 18.5. The molecule has 0 aliphatic carbocycles. The van der Waals surface area contributed by atoms with Crippen molar-refractivity contribution in [3.05, 3.63) is 88.7 Å². The number of anilines is 1. The summed E-state index contributed by atoms with van der Waals surface area (Å²) in [5.41, 5.74) is 6.94. The van der Waals surface area contributed by atoms with Crippen LogP contribution < -0.4 is 9.64 Å². The van der Waals surface area contributed by atoms with E-state index >= 15 is 0 Å². The van der Waals surface area contributed by atoms with Gasteiger partial charge in [0.05, 0.1) is 5.52 Å². The van der Waals surface area contributed by atoms with Crippen LogP contribution in [0.15, 0.2) is 60.8 Å². The molecule has 0 radical (unpaired) electrons. The number of aryl methyl sites for hydroxylation is 1. The van der Waals surface area contributed by atoms with Gasteiger partial charge in [-0.15, -0.1) is 13.2 Å². The van der Waals surface area contributed by atoms with Crippen LogP contribution in [0.1, 0.15) is 27.9 Å². The lowest BCUT2D eigenvalue weighted by Crippen LogP contribution is -2.31. The van der Waals surface area contributed by atoms with Crippen LogP contribution in [-0.2, 0) is 19.5 Å². The summed E-state index contributed by atoms with van der Waals surface area (Å²) in [4.78, 5) is 7.09. The minimum atomic E-state index is -4.69. The lowest BCUT2D eigenvalue weighted by Gasteiger charge is -2.30. The minimum Gasteiger partial charge on any atom is -0.406 e. The number of rotatable bonds is 4. The van der Waals surface area contributed by atoms with Crippen LogP contribution in [0.25, 0.3) is 10.9 Å². The first-order valence-electron chi connectivity index (χ1n) is 10.9. The Labute approximate surface area is 190 Å². The third-order valence-electron chi connectivity index (χ3n) is 6.45. The highest BCUT2D eigenvalue weighted by molar-refractivity contribution is 5.93. The van der Waals surface area contributed by atoms with E-state index in [0.717, 1.165) is 47.5 Å². The van der Waals surface area contributed by atoms with E-state index in [0.29, 0.717) is 6.54 Å². The number of fused-ring (bicyclic) bond motifs is 2. The van der Waals surface area contributed by atoms with Gasteiger partial charge >= 0.3 is 6.36 Å². The Morgan fingerprint density at radius 1 is 0.970 bits per heavy atom. The first kappa shape index (κ1) is 21.4. The molecule has 0 fully saturated rings. The number of hydrogen-bond donors (Lipinski definition) is 0. The van der Waals surface area contributed by atoms with E-state index in [4.69, 9.17) is 4.98 Å². The highest BCUT2D eigenvalue weighted by Crippen LogP contribution is 2.34. The molecule has 0 saturated heterocycles. The summed E-state index contributed by atoms with van der Waals surface area (Å²) in [7, 11) is 0. The zero-order chi connectivity index (χ0) is 23.2. The fourth-order valence-corrected chi connectivity index (χ4v) is 4.66. The number of alkyl halides is 3. The maximum absolute atomic E-state index is 12.5. The lowest BCUT2D eigenvalue weighted by molar-refractivity contribution is -0.274. The molecule has 1 aliphatic heterocycles. The van der Waals surface area contributed by atoms with E-state index in [9.17, 15) is 13.2 Å². The normalized spacial score (nSPS) is 13.9. The molecule has 33 heavy (non-hydrogen) atoms. The van der Waals surface area contributed by atoms with Gasteiger partial charge in [-0.3, -0.25) is 0 Å². The van der Waals surface area contributed by atoms with Crippen LogP contribution in [0, 0.1) is 13.8 Å². The molecule has 0 saturated carbocycles. The molecule has 4 nitrogen and oxygen atoms in total. The molecule has 7 heteroatoms. The van der Waals surface area contributed by atoms with Crippen LogP contribution in [0.3, 0.4) is 0 Å². The van der Waals surface area contributed by atoms with Crippen molar-refractivity contribution in [2.75, 3.05) is 11.4 Å². The smallest absolute Gasteiger partial charge is 0.406 e. The SMILES string of the molecule is Cc1c(C)n(Cc2ccc(OC(F)(F)F)cc2)c2c(N3CCc4ccccc4C3)nccc12. The summed E-state index contributed by atoms with van der Waals surface area (Å²) in [6.07, 6.45) is -1.87. The summed E-state index contributed by atoms with van der Waals surface area (Å²) < 4.78 is 43.7. The predicted octanol–water partition coefficient (Wildman–Crippen LogP) is 6.16. The Balaban J connectivity index is 1.52. The molecule has 0 atom stereocenters. The molecule has 170 valence electrons. The van der Waals surface area contributed by atoms with Crippen molar-refractivity contribution in [3.63, 3.8) is 0 Å². The van der Waals surface area contributed by atoms with E-state index in [1.807, 2.05) is 12.3 Å². The van der Waals surface area contributed by atoms with Gasteiger partial charge in [0.1, 0.15) is 5.75 Å². The Bertz CT molecular complexity index is 1310. The first-order valence-corrected chi connectivity index (χ1v) is 10.9. The summed E-state index contributed by atoms with van der Waals surface area (Å²) in [6.45, 7) is 6.39. The lowest BCUT2D eigenvalue weighted by atomic mass is 10.00. The monoisotopic (exact) mass is 451 g/mol. The molecule has 0 bridgehead atoms. The van der Waals surface area contributed by atoms with Gasteiger partial charge in [-0.05, 0) is 60.7 Å². The minimum absolute atomic E-state index is 0.217. The number of halogens is 3. The number of hydrogen-bond acceptors (Lipinski definition) is 3. The fourth-order valence-electron chi connectivity index (χ4n) is 4.66. The standard InChI is InChI=1S/C26H24F3N3O/c1-17-18(2)32(15-19-7-9-22(10-8-19)33-26(27,28)29)24-23(17)11-13-30-25(24)31-14-12-20-5-3-4-6-21(20)16-31/h3-11,13H,12,14-16H2,1-2H3. The molecule has 0 amide bonds. The van der Waals surface area contributed by atoms with E-state index in [1.165, 1.54) is 28.8 Å².